The van der Waals surface area contributed by atoms with Crippen molar-refractivity contribution in [3.63, 3.8) is 0 Å². The monoisotopic (exact) mass is 453 g/mol. The number of rotatable bonds is 10. The van der Waals surface area contributed by atoms with Gasteiger partial charge in [-0.1, -0.05) is 31.2 Å². The van der Waals surface area contributed by atoms with E-state index >= 15 is 0 Å². The molecule has 3 aromatic rings. The van der Waals surface area contributed by atoms with Gasteiger partial charge in [-0.25, -0.2) is 9.18 Å². The predicted molar refractivity (Wildman–Crippen MR) is 124 cm³/mol. The van der Waals surface area contributed by atoms with Gasteiger partial charge in [0.25, 0.3) is 0 Å². The van der Waals surface area contributed by atoms with E-state index in [0.717, 1.165) is 11.1 Å². The molecular formula is C26H28FNO5. The summed E-state index contributed by atoms with van der Waals surface area (Å²) in [5.74, 6) is -1.25. The molecule has 0 aliphatic rings. The molecule has 0 aliphatic carbocycles. The Labute approximate surface area is 192 Å². The van der Waals surface area contributed by atoms with E-state index in [1.54, 1.807) is 36.4 Å². The molecule has 0 unspecified atom stereocenters. The second-order valence-corrected chi connectivity index (χ2v) is 7.80. The number of aliphatic hydroxyl groups is 1. The van der Waals surface area contributed by atoms with E-state index in [1.165, 1.54) is 24.3 Å². The fraction of sp³-hybridized carbons (Fsp3) is 0.269. The first kappa shape index (κ1) is 24.2. The summed E-state index contributed by atoms with van der Waals surface area (Å²) in [7, 11) is 0. The number of carbonyl (C=O) groups is 1. The van der Waals surface area contributed by atoms with Crippen LogP contribution in [0.25, 0.3) is 11.1 Å². The van der Waals surface area contributed by atoms with Gasteiger partial charge in [0.05, 0.1) is 11.7 Å². The van der Waals surface area contributed by atoms with E-state index < -0.39 is 17.9 Å². The number of carboxylic acid groups (broad SMARTS) is 1. The third-order valence-electron chi connectivity index (χ3n) is 5.51. The standard InChI is InChI=1S/C26H28FNO5/c1-3-17-14-20(26(31)32)6-10-22(17)19-7-11-24(23(27)15-19)33-13-12-28-16(2)25(30)18-4-8-21(29)9-5-18/h4-11,14-16,25,28-30H,3,12-13H2,1-2H3,(H,31,32)/t16-,25-/m1/s1. The van der Waals surface area contributed by atoms with Crippen molar-refractivity contribution in [3.8, 4) is 22.6 Å². The number of aryl methyl sites for hydroxylation is 1. The lowest BCUT2D eigenvalue weighted by Gasteiger charge is -2.21. The Kier molecular flexibility index (Phi) is 8.03. The van der Waals surface area contributed by atoms with Gasteiger partial charge in [-0.3, -0.25) is 0 Å². The van der Waals surface area contributed by atoms with Crippen molar-refractivity contribution >= 4 is 5.97 Å². The predicted octanol–water partition coefficient (Wildman–Crippen LogP) is 4.55. The maximum absolute atomic E-state index is 14.6. The molecule has 0 aliphatic heterocycles. The van der Waals surface area contributed by atoms with Crippen LogP contribution in [0.5, 0.6) is 11.5 Å². The quantitative estimate of drug-likeness (QED) is 0.336. The average Bonchev–Trinajstić information content (AvgIpc) is 2.82. The van der Waals surface area contributed by atoms with Gasteiger partial charge in [0.1, 0.15) is 12.4 Å². The Morgan fingerprint density at radius 1 is 1.09 bits per heavy atom. The molecule has 7 heteroatoms. The summed E-state index contributed by atoms with van der Waals surface area (Å²) in [5, 5.41) is 32.1. The Morgan fingerprint density at radius 2 is 1.82 bits per heavy atom. The molecule has 3 aromatic carbocycles. The molecule has 4 N–H and O–H groups in total. The molecule has 3 rings (SSSR count). The molecule has 33 heavy (non-hydrogen) atoms. The fourth-order valence-electron chi connectivity index (χ4n) is 3.61. The van der Waals surface area contributed by atoms with E-state index in [9.17, 15) is 24.5 Å². The highest BCUT2D eigenvalue weighted by molar-refractivity contribution is 5.89. The van der Waals surface area contributed by atoms with Gasteiger partial charge in [0.2, 0.25) is 0 Å². The normalized spacial score (nSPS) is 12.8. The van der Waals surface area contributed by atoms with Gasteiger partial charge in [-0.2, -0.15) is 0 Å². The number of ether oxygens (including phenoxy) is 1. The highest BCUT2D eigenvalue weighted by Gasteiger charge is 2.16. The molecule has 0 aromatic heterocycles. The summed E-state index contributed by atoms with van der Waals surface area (Å²) in [4.78, 5) is 11.2. The maximum atomic E-state index is 14.6. The summed E-state index contributed by atoms with van der Waals surface area (Å²) < 4.78 is 20.2. The third kappa shape index (κ3) is 6.09. The van der Waals surface area contributed by atoms with Crippen LogP contribution in [0.15, 0.2) is 60.7 Å². The van der Waals surface area contributed by atoms with Crippen LogP contribution in [0.3, 0.4) is 0 Å². The number of benzene rings is 3. The highest BCUT2D eigenvalue weighted by atomic mass is 19.1. The molecule has 0 amide bonds. The van der Waals surface area contributed by atoms with Crippen LogP contribution in [-0.2, 0) is 6.42 Å². The molecule has 0 spiro atoms. The number of aliphatic hydroxyl groups excluding tert-OH is 1. The van der Waals surface area contributed by atoms with Crippen LogP contribution >= 0.6 is 0 Å². The summed E-state index contributed by atoms with van der Waals surface area (Å²) in [6.07, 6.45) is -0.141. The maximum Gasteiger partial charge on any atom is 0.335 e. The molecular weight excluding hydrogens is 425 g/mol. The number of phenolic OH excluding ortho intramolecular Hbond substituents is 1. The molecule has 0 saturated heterocycles. The number of aromatic hydroxyl groups is 1. The molecule has 174 valence electrons. The lowest BCUT2D eigenvalue weighted by atomic mass is 9.96. The Hall–Kier alpha value is -3.42. The van der Waals surface area contributed by atoms with Crippen molar-refractivity contribution in [1.82, 2.24) is 5.32 Å². The van der Waals surface area contributed by atoms with Crippen molar-refractivity contribution in [2.24, 2.45) is 0 Å². The van der Waals surface area contributed by atoms with Gasteiger partial charge in [0.15, 0.2) is 11.6 Å². The third-order valence-corrected chi connectivity index (χ3v) is 5.51. The number of hydrogen-bond donors (Lipinski definition) is 4. The van der Waals surface area contributed by atoms with Gasteiger partial charge < -0.3 is 25.4 Å². The summed E-state index contributed by atoms with van der Waals surface area (Å²) in [6, 6.07) is 15.6. The number of nitrogens with one attached hydrogen (secondary N) is 1. The average molecular weight is 454 g/mol. The minimum atomic E-state index is -0.996. The van der Waals surface area contributed by atoms with Crippen molar-refractivity contribution in [2.45, 2.75) is 32.4 Å². The fourth-order valence-corrected chi connectivity index (χ4v) is 3.61. The largest absolute Gasteiger partial charge is 0.508 e. The smallest absolute Gasteiger partial charge is 0.335 e. The van der Waals surface area contributed by atoms with Crippen LogP contribution in [0.1, 0.15) is 41.4 Å². The van der Waals surface area contributed by atoms with E-state index in [2.05, 4.69) is 5.32 Å². The zero-order chi connectivity index (χ0) is 24.0. The Balaban J connectivity index is 1.58. The topological polar surface area (TPSA) is 99.0 Å². The molecule has 0 bridgehead atoms. The first-order chi connectivity index (χ1) is 15.8. The lowest BCUT2D eigenvalue weighted by molar-refractivity contribution is 0.0696. The van der Waals surface area contributed by atoms with Gasteiger partial charge in [-0.05, 0) is 72.0 Å². The van der Waals surface area contributed by atoms with Gasteiger partial charge >= 0.3 is 5.97 Å². The lowest BCUT2D eigenvalue weighted by Crippen LogP contribution is -2.35. The zero-order valence-corrected chi connectivity index (χ0v) is 18.6. The molecule has 2 atom stereocenters. The molecule has 6 nitrogen and oxygen atoms in total. The molecule has 0 heterocycles. The Morgan fingerprint density at radius 3 is 2.45 bits per heavy atom. The Bertz CT molecular complexity index is 1100. The van der Waals surface area contributed by atoms with Crippen LogP contribution < -0.4 is 10.1 Å². The summed E-state index contributed by atoms with van der Waals surface area (Å²) in [6.45, 7) is 4.35. The minimum Gasteiger partial charge on any atom is -0.508 e. The van der Waals surface area contributed by atoms with Crippen LogP contribution in [0.4, 0.5) is 4.39 Å². The second kappa shape index (κ2) is 10.9. The summed E-state index contributed by atoms with van der Waals surface area (Å²) in [5.41, 5.74) is 3.14. The minimum absolute atomic E-state index is 0.118. The first-order valence-electron chi connectivity index (χ1n) is 10.8. The van der Waals surface area contributed by atoms with Crippen LogP contribution in [0, 0.1) is 5.82 Å². The van der Waals surface area contributed by atoms with Crippen molar-refractivity contribution in [3.05, 3.63) is 83.2 Å². The number of aromatic carboxylic acids is 1. The van der Waals surface area contributed by atoms with Gasteiger partial charge in [0, 0.05) is 12.6 Å². The van der Waals surface area contributed by atoms with E-state index in [1.807, 2.05) is 13.8 Å². The van der Waals surface area contributed by atoms with Crippen molar-refractivity contribution < 1.29 is 29.2 Å². The first-order valence-corrected chi connectivity index (χ1v) is 10.8. The SMILES string of the molecule is CCc1cc(C(=O)O)ccc1-c1ccc(OCCN[C@H](C)[C@@H](O)c2ccc(O)cc2)c(F)c1. The van der Waals surface area contributed by atoms with E-state index in [0.29, 0.717) is 24.1 Å². The van der Waals surface area contributed by atoms with Crippen molar-refractivity contribution in [1.29, 1.82) is 0 Å². The molecule has 0 saturated carbocycles. The number of hydrogen-bond acceptors (Lipinski definition) is 5. The highest BCUT2D eigenvalue weighted by Crippen LogP contribution is 2.29. The van der Waals surface area contributed by atoms with E-state index in [-0.39, 0.29) is 29.7 Å². The van der Waals surface area contributed by atoms with Crippen LogP contribution in [-0.4, -0.2) is 40.5 Å². The number of carboxylic acids is 1. The van der Waals surface area contributed by atoms with Crippen molar-refractivity contribution in [2.75, 3.05) is 13.2 Å². The van der Waals surface area contributed by atoms with Gasteiger partial charge in [-0.15, -0.1) is 0 Å². The second-order valence-electron chi connectivity index (χ2n) is 7.80. The van der Waals surface area contributed by atoms with E-state index in [4.69, 9.17) is 4.74 Å². The number of halogens is 1. The number of phenols is 1. The summed E-state index contributed by atoms with van der Waals surface area (Å²) >= 11 is 0. The molecule has 0 radical (unpaired) electrons. The van der Waals surface area contributed by atoms with Crippen LogP contribution in [0.2, 0.25) is 0 Å². The molecule has 0 fully saturated rings. The zero-order valence-electron chi connectivity index (χ0n) is 18.6.